The summed E-state index contributed by atoms with van der Waals surface area (Å²) in [5.74, 6) is 0.946. The molecule has 1 fully saturated rings. The number of rotatable bonds is 8. The van der Waals surface area contributed by atoms with Crippen LogP contribution in [0.5, 0.6) is 0 Å². The first-order valence-corrected chi connectivity index (χ1v) is 10.7. The van der Waals surface area contributed by atoms with Crippen LogP contribution in [-0.4, -0.2) is 73.4 Å². The Kier molecular flexibility index (Phi) is 9.77. The van der Waals surface area contributed by atoms with Crippen molar-refractivity contribution in [3.63, 3.8) is 0 Å². The molecule has 1 saturated heterocycles. The fourth-order valence-corrected chi connectivity index (χ4v) is 3.36. The van der Waals surface area contributed by atoms with Gasteiger partial charge in [-0.25, -0.2) is 0 Å². The highest BCUT2D eigenvalue weighted by molar-refractivity contribution is 6.30. The summed E-state index contributed by atoms with van der Waals surface area (Å²) in [5, 5.41) is 6.80. The van der Waals surface area contributed by atoms with E-state index in [1.165, 1.54) is 0 Å². The summed E-state index contributed by atoms with van der Waals surface area (Å²) in [6, 6.07) is 7.43. The molecule has 2 N–H and O–H groups in total. The number of carbonyl (C=O) groups is 2. The van der Waals surface area contributed by atoms with Gasteiger partial charge in [0, 0.05) is 50.7 Å². The third-order valence-electron chi connectivity index (χ3n) is 4.68. The molecule has 0 bridgehead atoms. The Hall–Kier alpha value is -2.28. The number of hydrogen-bond acceptors (Lipinski definition) is 3. The van der Waals surface area contributed by atoms with Crippen molar-refractivity contribution < 1.29 is 9.59 Å². The summed E-state index contributed by atoms with van der Waals surface area (Å²) in [7, 11) is 0. The summed E-state index contributed by atoms with van der Waals surface area (Å²) in [6.07, 6.45) is 1.67. The number of halogens is 1. The van der Waals surface area contributed by atoms with Crippen LogP contribution in [0.2, 0.25) is 5.02 Å². The van der Waals surface area contributed by atoms with Gasteiger partial charge in [0.15, 0.2) is 5.96 Å². The van der Waals surface area contributed by atoms with Crippen LogP contribution >= 0.6 is 11.6 Å². The average Bonchev–Trinajstić information content (AvgIpc) is 2.71. The van der Waals surface area contributed by atoms with Crippen molar-refractivity contribution in [3.8, 4) is 0 Å². The molecule has 0 radical (unpaired) electrons. The van der Waals surface area contributed by atoms with Crippen LogP contribution in [0.1, 0.15) is 32.3 Å². The van der Waals surface area contributed by atoms with Crippen LogP contribution in [0, 0.1) is 0 Å². The Bertz CT molecular complexity index is 702. The van der Waals surface area contributed by atoms with Gasteiger partial charge in [-0.2, -0.15) is 0 Å². The van der Waals surface area contributed by atoms with Crippen molar-refractivity contribution in [2.45, 2.75) is 33.1 Å². The van der Waals surface area contributed by atoms with Gasteiger partial charge in [0.25, 0.3) is 0 Å². The highest BCUT2D eigenvalue weighted by Crippen LogP contribution is 2.13. The lowest BCUT2D eigenvalue weighted by Gasteiger charge is -2.36. The second kappa shape index (κ2) is 12.3. The van der Waals surface area contributed by atoms with Gasteiger partial charge in [0.1, 0.15) is 0 Å². The number of benzene rings is 1. The monoisotopic (exact) mass is 421 g/mol. The molecule has 7 nitrogen and oxygen atoms in total. The predicted octanol–water partition coefficient (Wildman–Crippen LogP) is 1.91. The summed E-state index contributed by atoms with van der Waals surface area (Å²) in [5.41, 5.74) is 0.932. The maximum Gasteiger partial charge on any atom is 0.227 e. The van der Waals surface area contributed by atoms with Gasteiger partial charge in [0.05, 0.1) is 13.0 Å². The molecular formula is C21H32ClN5O2. The maximum atomic E-state index is 12.6. The smallest absolute Gasteiger partial charge is 0.227 e. The molecule has 0 atom stereocenters. The molecule has 0 saturated carbocycles. The van der Waals surface area contributed by atoms with E-state index in [-0.39, 0.29) is 11.8 Å². The zero-order chi connectivity index (χ0) is 21.1. The highest BCUT2D eigenvalue weighted by Gasteiger charge is 2.23. The maximum absolute atomic E-state index is 12.6. The molecule has 2 rings (SSSR count). The van der Waals surface area contributed by atoms with E-state index in [0.717, 1.165) is 37.6 Å². The Labute approximate surface area is 178 Å². The molecule has 1 aromatic carbocycles. The van der Waals surface area contributed by atoms with Crippen molar-refractivity contribution in [1.82, 2.24) is 20.4 Å². The minimum atomic E-state index is 0.0304. The van der Waals surface area contributed by atoms with Crippen molar-refractivity contribution in [3.05, 3.63) is 34.9 Å². The zero-order valence-electron chi connectivity index (χ0n) is 17.4. The molecule has 1 aromatic rings. The van der Waals surface area contributed by atoms with Crippen LogP contribution < -0.4 is 10.6 Å². The minimum Gasteiger partial charge on any atom is -0.357 e. The Morgan fingerprint density at radius 3 is 2.48 bits per heavy atom. The number of piperazine rings is 1. The molecule has 0 unspecified atom stereocenters. The lowest BCUT2D eigenvalue weighted by atomic mass is 10.1. The fraction of sp³-hybridized carbons (Fsp3) is 0.571. The van der Waals surface area contributed by atoms with Crippen molar-refractivity contribution in [2.75, 3.05) is 45.8 Å². The molecule has 0 spiro atoms. The number of guanidine groups is 1. The molecule has 1 aliphatic rings. The van der Waals surface area contributed by atoms with E-state index < -0.39 is 0 Å². The number of hydrogen-bond donors (Lipinski definition) is 2. The minimum absolute atomic E-state index is 0.0304. The number of aliphatic imine (C=N–C) groups is 1. The Balaban J connectivity index is 1.83. The molecule has 160 valence electrons. The predicted molar refractivity (Wildman–Crippen MR) is 117 cm³/mol. The lowest BCUT2D eigenvalue weighted by molar-refractivity contribution is -0.131. The second-order valence-corrected chi connectivity index (χ2v) is 7.45. The number of carbonyl (C=O) groups excluding carboxylic acids is 2. The van der Waals surface area contributed by atoms with Gasteiger partial charge < -0.3 is 20.4 Å². The third-order valence-corrected chi connectivity index (χ3v) is 4.92. The fourth-order valence-electron chi connectivity index (χ4n) is 3.14. The van der Waals surface area contributed by atoms with Crippen LogP contribution in [0.15, 0.2) is 29.3 Å². The summed E-state index contributed by atoms with van der Waals surface area (Å²) < 4.78 is 0. The second-order valence-electron chi connectivity index (χ2n) is 7.01. The van der Waals surface area contributed by atoms with Gasteiger partial charge >= 0.3 is 0 Å². The zero-order valence-corrected chi connectivity index (χ0v) is 18.2. The topological polar surface area (TPSA) is 77.0 Å². The van der Waals surface area contributed by atoms with Gasteiger partial charge in [-0.3, -0.25) is 14.6 Å². The standard InChI is InChI=1S/C21H32ClN5O2/c1-3-9-24-19(28)8-10-25-21(23-4-2)27-13-11-26(12-14-27)20(29)16-17-6-5-7-18(22)15-17/h5-7,15H,3-4,8-14,16H2,1-2H3,(H,23,25)(H,24,28). The quantitative estimate of drug-likeness (QED) is 0.496. The molecular weight excluding hydrogens is 390 g/mol. The SMILES string of the molecule is CCCNC(=O)CCN=C(NCC)N1CCN(C(=O)Cc2cccc(Cl)c2)CC1. The van der Waals surface area contributed by atoms with Gasteiger partial charge in [0.2, 0.25) is 11.8 Å². The molecule has 0 aliphatic carbocycles. The first kappa shape index (κ1) is 23.0. The average molecular weight is 422 g/mol. The van der Waals surface area contributed by atoms with E-state index in [1.54, 1.807) is 0 Å². The lowest BCUT2D eigenvalue weighted by Crippen LogP contribution is -2.54. The highest BCUT2D eigenvalue weighted by atomic mass is 35.5. The number of amides is 2. The molecule has 1 aliphatic heterocycles. The van der Waals surface area contributed by atoms with Gasteiger partial charge in [-0.05, 0) is 31.0 Å². The van der Waals surface area contributed by atoms with Crippen molar-refractivity contribution in [2.24, 2.45) is 4.99 Å². The van der Waals surface area contributed by atoms with E-state index in [2.05, 4.69) is 20.5 Å². The third kappa shape index (κ3) is 7.93. The first-order chi connectivity index (χ1) is 14.0. The van der Waals surface area contributed by atoms with Gasteiger partial charge in [-0.1, -0.05) is 30.7 Å². The van der Waals surface area contributed by atoms with Crippen molar-refractivity contribution >= 4 is 29.4 Å². The Morgan fingerprint density at radius 1 is 1.10 bits per heavy atom. The molecule has 2 amide bonds. The van der Waals surface area contributed by atoms with Crippen LogP contribution in [-0.2, 0) is 16.0 Å². The van der Waals surface area contributed by atoms with Gasteiger partial charge in [-0.15, -0.1) is 0 Å². The van der Waals surface area contributed by atoms with Crippen LogP contribution in [0.3, 0.4) is 0 Å². The normalized spacial score (nSPS) is 14.7. The molecule has 8 heteroatoms. The van der Waals surface area contributed by atoms with E-state index >= 15 is 0 Å². The Morgan fingerprint density at radius 2 is 1.83 bits per heavy atom. The molecule has 0 aromatic heterocycles. The number of nitrogens with zero attached hydrogens (tertiary/aromatic N) is 3. The van der Waals surface area contributed by atoms with Crippen LogP contribution in [0.4, 0.5) is 0 Å². The van der Waals surface area contributed by atoms with E-state index in [9.17, 15) is 9.59 Å². The van der Waals surface area contributed by atoms with E-state index in [0.29, 0.717) is 44.0 Å². The van der Waals surface area contributed by atoms with E-state index in [4.69, 9.17) is 11.6 Å². The summed E-state index contributed by atoms with van der Waals surface area (Å²) >= 11 is 6.01. The van der Waals surface area contributed by atoms with E-state index in [1.807, 2.05) is 43.0 Å². The summed E-state index contributed by atoms with van der Waals surface area (Å²) in [6.45, 7) is 8.70. The largest absolute Gasteiger partial charge is 0.357 e. The summed E-state index contributed by atoms with van der Waals surface area (Å²) in [4.78, 5) is 33.0. The first-order valence-electron chi connectivity index (χ1n) is 10.4. The van der Waals surface area contributed by atoms with Crippen LogP contribution in [0.25, 0.3) is 0 Å². The molecule has 1 heterocycles. The molecule has 29 heavy (non-hydrogen) atoms. The van der Waals surface area contributed by atoms with Crippen molar-refractivity contribution in [1.29, 1.82) is 0 Å². The number of nitrogens with one attached hydrogen (secondary N) is 2.